The van der Waals surface area contributed by atoms with Gasteiger partial charge in [-0.05, 0) is 26.2 Å². The third-order valence-electron chi connectivity index (χ3n) is 4.07. The van der Waals surface area contributed by atoms with Gasteiger partial charge in [0.25, 0.3) is 0 Å². The lowest BCUT2D eigenvalue weighted by Crippen LogP contribution is -2.57. The van der Waals surface area contributed by atoms with Crippen LogP contribution in [0.4, 0.5) is 0 Å². The topological polar surface area (TPSA) is 273 Å². The Morgan fingerprint density at radius 1 is 1.00 bits per heavy atom. The maximum Gasteiger partial charge on any atom is 0.326 e. The Balaban J connectivity index is 4.72. The highest BCUT2D eigenvalue weighted by atomic mass is 16.4. The number of carbonyl (C=O) groups excluding carboxylic acids is 3. The molecule has 0 aliphatic heterocycles. The second kappa shape index (κ2) is 14.5. The molecule has 0 saturated heterocycles. The number of nitrogens with zero attached hydrogens (tertiary/aromatic N) is 1. The molecule has 0 aliphatic carbocycles. The highest BCUT2D eigenvalue weighted by Crippen LogP contribution is 2.00. The molecule has 182 valence electrons. The van der Waals surface area contributed by atoms with E-state index in [1.54, 1.807) is 0 Å². The van der Waals surface area contributed by atoms with Crippen molar-refractivity contribution in [3.05, 3.63) is 0 Å². The fraction of sp³-hybridized carbons (Fsp3) is 0.647. The number of hydrogen-bond acceptors (Lipinski definition) is 8. The number of nitrogens with two attached hydrogens (primary N) is 3. The van der Waals surface area contributed by atoms with Crippen molar-refractivity contribution in [3.8, 4) is 0 Å². The van der Waals surface area contributed by atoms with Crippen LogP contribution in [0.15, 0.2) is 4.99 Å². The van der Waals surface area contributed by atoms with Gasteiger partial charge in [-0.3, -0.25) is 24.2 Å². The van der Waals surface area contributed by atoms with Gasteiger partial charge in [0.05, 0.1) is 18.7 Å². The molecule has 0 aromatic heterocycles. The Morgan fingerprint density at radius 2 is 1.62 bits per heavy atom. The zero-order chi connectivity index (χ0) is 24.8. The normalized spacial score (nSPS) is 14.2. The molecule has 32 heavy (non-hydrogen) atoms. The molecule has 3 amide bonds. The van der Waals surface area contributed by atoms with Crippen molar-refractivity contribution in [2.24, 2.45) is 22.2 Å². The highest BCUT2D eigenvalue weighted by molar-refractivity contribution is 5.93. The van der Waals surface area contributed by atoms with Crippen LogP contribution in [0.3, 0.4) is 0 Å². The van der Waals surface area contributed by atoms with Gasteiger partial charge in [0.15, 0.2) is 5.96 Å². The summed E-state index contributed by atoms with van der Waals surface area (Å²) in [5.74, 6) is -5.19. The standard InChI is InChI=1S/C17H31N7O8/c1-8(25)13(24-14(29)9(18)4-5-12(27)28)15(30)22-7-11(26)23-10(16(31)32)3-2-6-21-17(19)20/h8-10,13,25H,2-7,18H2,1H3,(H,22,30)(H,23,26)(H,24,29)(H,27,28)(H,31,32)(H4,19,20,21). The third kappa shape index (κ3) is 12.3. The Bertz CT molecular complexity index is 709. The van der Waals surface area contributed by atoms with E-state index in [0.717, 1.165) is 0 Å². The molecular weight excluding hydrogens is 430 g/mol. The zero-order valence-electron chi connectivity index (χ0n) is 17.6. The Kier molecular flexibility index (Phi) is 13.0. The number of aliphatic hydroxyl groups excluding tert-OH is 1. The van der Waals surface area contributed by atoms with Gasteiger partial charge in [-0.15, -0.1) is 0 Å². The van der Waals surface area contributed by atoms with E-state index in [9.17, 15) is 34.2 Å². The average molecular weight is 461 g/mol. The second-order valence-electron chi connectivity index (χ2n) is 6.89. The molecule has 0 bridgehead atoms. The van der Waals surface area contributed by atoms with Crippen molar-refractivity contribution in [2.45, 2.75) is 56.8 Å². The molecule has 0 aromatic carbocycles. The van der Waals surface area contributed by atoms with E-state index in [0.29, 0.717) is 0 Å². The molecule has 0 spiro atoms. The monoisotopic (exact) mass is 461 g/mol. The Labute approximate surface area is 183 Å². The third-order valence-corrected chi connectivity index (χ3v) is 4.07. The first-order chi connectivity index (χ1) is 14.8. The lowest BCUT2D eigenvalue weighted by molar-refractivity contribution is -0.142. The molecule has 4 unspecified atom stereocenters. The highest BCUT2D eigenvalue weighted by Gasteiger charge is 2.28. The molecule has 0 aromatic rings. The lowest BCUT2D eigenvalue weighted by atomic mass is 10.1. The van der Waals surface area contributed by atoms with E-state index in [2.05, 4.69) is 20.9 Å². The van der Waals surface area contributed by atoms with Gasteiger partial charge < -0.3 is 48.5 Å². The molecule has 0 aliphatic rings. The van der Waals surface area contributed by atoms with Gasteiger partial charge >= 0.3 is 11.9 Å². The zero-order valence-corrected chi connectivity index (χ0v) is 17.6. The molecule has 0 radical (unpaired) electrons. The molecule has 0 saturated carbocycles. The van der Waals surface area contributed by atoms with Crippen molar-refractivity contribution in [1.29, 1.82) is 0 Å². The van der Waals surface area contributed by atoms with Crippen LogP contribution in [0.2, 0.25) is 0 Å². The molecule has 0 fully saturated rings. The predicted molar refractivity (Wildman–Crippen MR) is 111 cm³/mol. The van der Waals surface area contributed by atoms with Crippen molar-refractivity contribution >= 4 is 35.6 Å². The fourth-order valence-electron chi connectivity index (χ4n) is 2.36. The SMILES string of the molecule is CC(O)C(NC(=O)C(N)CCC(=O)O)C(=O)NCC(=O)NC(CCCN=C(N)N)C(=O)O. The lowest BCUT2D eigenvalue weighted by Gasteiger charge is -2.22. The molecule has 0 rings (SSSR count). The number of guanidine groups is 1. The minimum absolute atomic E-state index is 0.0341. The minimum atomic E-state index is -1.47. The van der Waals surface area contributed by atoms with E-state index >= 15 is 0 Å². The van der Waals surface area contributed by atoms with E-state index in [4.69, 9.17) is 22.3 Å². The van der Waals surface area contributed by atoms with Crippen molar-refractivity contribution in [2.75, 3.05) is 13.1 Å². The van der Waals surface area contributed by atoms with E-state index in [-0.39, 0.29) is 38.2 Å². The number of hydrogen-bond donors (Lipinski definition) is 9. The van der Waals surface area contributed by atoms with Gasteiger partial charge in [0, 0.05) is 13.0 Å². The summed E-state index contributed by atoms with van der Waals surface area (Å²) < 4.78 is 0. The summed E-state index contributed by atoms with van der Waals surface area (Å²) in [6, 6.07) is -3.94. The second-order valence-corrected chi connectivity index (χ2v) is 6.89. The number of nitrogens with one attached hydrogen (secondary N) is 3. The summed E-state index contributed by atoms with van der Waals surface area (Å²) in [5, 5.41) is 34.2. The number of amides is 3. The summed E-state index contributed by atoms with van der Waals surface area (Å²) >= 11 is 0. The average Bonchev–Trinajstić information content (AvgIpc) is 2.69. The van der Waals surface area contributed by atoms with Crippen LogP contribution in [-0.4, -0.2) is 88.3 Å². The van der Waals surface area contributed by atoms with Crippen LogP contribution < -0.4 is 33.2 Å². The fourth-order valence-corrected chi connectivity index (χ4v) is 2.36. The largest absolute Gasteiger partial charge is 0.481 e. The predicted octanol–water partition coefficient (Wildman–Crippen LogP) is -4.22. The van der Waals surface area contributed by atoms with Gasteiger partial charge in [-0.1, -0.05) is 0 Å². The number of rotatable bonds is 15. The van der Waals surface area contributed by atoms with Crippen LogP contribution in [0, 0.1) is 0 Å². The maximum atomic E-state index is 12.3. The van der Waals surface area contributed by atoms with Crippen molar-refractivity contribution < 1.29 is 39.3 Å². The number of carbonyl (C=O) groups is 5. The number of aliphatic carboxylic acids is 2. The van der Waals surface area contributed by atoms with Crippen LogP contribution >= 0.6 is 0 Å². The Morgan fingerprint density at radius 3 is 2.12 bits per heavy atom. The summed E-state index contributed by atoms with van der Waals surface area (Å²) in [7, 11) is 0. The van der Waals surface area contributed by atoms with Crippen LogP contribution in [-0.2, 0) is 24.0 Å². The summed E-state index contributed by atoms with van der Waals surface area (Å²) in [5.41, 5.74) is 15.9. The molecule has 15 heteroatoms. The number of carboxylic acids is 2. The number of carboxylic acid groups (broad SMARTS) is 2. The van der Waals surface area contributed by atoms with Crippen LogP contribution in [0.1, 0.15) is 32.6 Å². The first kappa shape index (κ1) is 28.5. The first-order valence-electron chi connectivity index (χ1n) is 9.66. The molecule has 0 heterocycles. The molecular formula is C17H31N7O8. The summed E-state index contributed by atoms with van der Waals surface area (Å²) in [6.45, 7) is 0.758. The molecule has 12 N–H and O–H groups in total. The van der Waals surface area contributed by atoms with Crippen molar-refractivity contribution in [3.63, 3.8) is 0 Å². The minimum Gasteiger partial charge on any atom is -0.481 e. The smallest absolute Gasteiger partial charge is 0.326 e. The molecule has 4 atom stereocenters. The Hall–Kier alpha value is -3.46. The van der Waals surface area contributed by atoms with Crippen LogP contribution in [0.25, 0.3) is 0 Å². The quantitative estimate of drug-likeness (QED) is 0.0640. The molecule has 15 nitrogen and oxygen atoms in total. The van der Waals surface area contributed by atoms with Gasteiger partial charge in [-0.2, -0.15) is 0 Å². The summed E-state index contributed by atoms with van der Waals surface area (Å²) in [6.07, 6.45) is -1.60. The van der Waals surface area contributed by atoms with E-state index < -0.39 is 60.4 Å². The van der Waals surface area contributed by atoms with Gasteiger partial charge in [0.2, 0.25) is 17.7 Å². The van der Waals surface area contributed by atoms with Gasteiger partial charge in [-0.25, -0.2) is 4.79 Å². The number of aliphatic imine (C=N–C) groups is 1. The van der Waals surface area contributed by atoms with Crippen molar-refractivity contribution in [1.82, 2.24) is 16.0 Å². The number of aliphatic hydroxyl groups is 1. The summed E-state index contributed by atoms with van der Waals surface area (Å²) in [4.78, 5) is 61.8. The van der Waals surface area contributed by atoms with E-state index in [1.165, 1.54) is 6.92 Å². The van der Waals surface area contributed by atoms with Gasteiger partial charge in [0.1, 0.15) is 12.1 Å². The maximum absolute atomic E-state index is 12.3. The first-order valence-corrected chi connectivity index (χ1v) is 9.66. The van der Waals surface area contributed by atoms with Crippen LogP contribution in [0.5, 0.6) is 0 Å². The van der Waals surface area contributed by atoms with E-state index in [1.807, 2.05) is 0 Å².